The van der Waals surface area contributed by atoms with E-state index >= 15 is 0 Å². The third-order valence-corrected chi connectivity index (χ3v) is 6.27. The molecule has 4 rings (SSSR count). The first kappa shape index (κ1) is 25.1. The number of amides is 1. The van der Waals surface area contributed by atoms with Gasteiger partial charge in [0.05, 0.1) is 25.5 Å². The molecule has 0 spiro atoms. The molecular formula is C27H31N5O4. The van der Waals surface area contributed by atoms with Crippen molar-refractivity contribution in [1.82, 2.24) is 24.0 Å². The van der Waals surface area contributed by atoms with E-state index in [1.54, 1.807) is 11.7 Å². The van der Waals surface area contributed by atoms with Crippen LogP contribution in [-0.4, -0.2) is 38.3 Å². The molecule has 2 heterocycles. The van der Waals surface area contributed by atoms with Crippen molar-refractivity contribution in [2.45, 2.75) is 45.9 Å². The molecule has 1 atom stereocenters. The molecule has 0 saturated carbocycles. The summed E-state index contributed by atoms with van der Waals surface area (Å²) in [5, 5.41) is 2.91. The second kappa shape index (κ2) is 11.2. The molecule has 0 aliphatic rings. The molecule has 0 fully saturated rings. The van der Waals surface area contributed by atoms with Crippen LogP contribution < -0.4 is 16.6 Å². The van der Waals surface area contributed by atoms with Gasteiger partial charge in [-0.05, 0) is 30.0 Å². The van der Waals surface area contributed by atoms with Gasteiger partial charge in [-0.3, -0.25) is 14.2 Å². The van der Waals surface area contributed by atoms with E-state index in [-0.39, 0.29) is 23.8 Å². The fourth-order valence-electron chi connectivity index (χ4n) is 4.20. The van der Waals surface area contributed by atoms with E-state index in [9.17, 15) is 14.4 Å². The van der Waals surface area contributed by atoms with E-state index in [2.05, 4.69) is 17.2 Å². The molecule has 0 aliphatic carbocycles. The monoisotopic (exact) mass is 489 g/mol. The number of aromatic nitrogens is 4. The van der Waals surface area contributed by atoms with Gasteiger partial charge in [-0.2, -0.15) is 0 Å². The highest BCUT2D eigenvalue weighted by molar-refractivity contribution is 5.77. The highest BCUT2D eigenvalue weighted by atomic mass is 16.5. The van der Waals surface area contributed by atoms with Crippen LogP contribution in [0.5, 0.6) is 0 Å². The summed E-state index contributed by atoms with van der Waals surface area (Å²) in [5.41, 5.74) is 2.45. The van der Waals surface area contributed by atoms with E-state index < -0.39 is 23.7 Å². The minimum atomic E-state index is -0.580. The van der Waals surface area contributed by atoms with Gasteiger partial charge in [0.15, 0.2) is 11.2 Å². The van der Waals surface area contributed by atoms with Crippen LogP contribution in [0.4, 0.5) is 0 Å². The number of ether oxygens (including phenoxy) is 1. The maximum absolute atomic E-state index is 13.5. The zero-order chi connectivity index (χ0) is 25.7. The minimum Gasteiger partial charge on any atom is -0.383 e. The number of imidazole rings is 1. The molecular weight excluding hydrogens is 458 g/mol. The molecule has 9 heteroatoms. The smallest absolute Gasteiger partial charge is 0.333 e. The summed E-state index contributed by atoms with van der Waals surface area (Å²) in [7, 11) is 1.57. The van der Waals surface area contributed by atoms with Crippen LogP contribution in [0, 0.1) is 0 Å². The average molecular weight is 490 g/mol. The van der Waals surface area contributed by atoms with Gasteiger partial charge in [-0.1, -0.05) is 61.5 Å². The molecule has 1 N–H and O–H groups in total. The van der Waals surface area contributed by atoms with Crippen molar-refractivity contribution in [1.29, 1.82) is 0 Å². The molecule has 1 unspecified atom stereocenters. The standard InChI is InChI=1S/C27H31N5O4/c1-4-20-10-12-22(13-11-20)19(2)29-23(33)17-32-26(34)24-25(28-18-30(24)14-15-36-3)31(27(32)35)16-21-8-6-5-7-9-21/h5-13,18-19H,4,14-17H2,1-3H3,(H,29,33). The van der Waals surface area contributed by atoms with Gasteiger partial charge in [0.2, 0.25) is 5.91 Å². The number of aryl methyl sites for hydroxylation is 1. The van der Waals surface area contributed by atoms with E-state index in [4.69, 9.17) is 4.74 Å². The van der Waals surface area contributed by atoms with E-state index in [1.807, 2.05) is 61.5 Å². The summed E-state index contributed by atoms with van der Waals surface area (Å²) in [6.07, 6.45) is 2.46. The fourth-order valence-corrected chi connectivity index (χ4v) is 4.20. The molecule has 36 heavy (non-hydrogen) atoms. The normalized spacial score (nSPS) is 12.1. The summed E-state index contributed by atoms with van der Waals surface area (Å²) in [6, 6.07) is 17.2. The molecule has 188 valence electrons. The molecule has 9 nitrogen and oxygen atoms in total. The molecule has 0 saturated heterocycles. The number of carbonyl (C=O) groups excluding carboxylic acids is 1. The van der Waals surface area contributed by atoms with Crippen molar-refractivity contribution in [2.24, 2.45) is 0 Å². The Bertz CT molecular complexity index is 1450. The highest BCUT2D eigenvalue weighted by Crippen LogP contribution is 2.14. The Morgan fingerprint density at radius 1 is 1.03 bits per heavy atom. The Kier molecular flexibility index (Phi) is 7.80. The lowest BCUT2D eigenvalue weighted by Gasteiger charge is -2.16. The number of hydrogen-bond acceptors (Lipinski definition) is 5. The van der Waals surface area contributed by atoms with Crippen LogP contribution in [-0.2, 0) is 35.6 Å². The third kappa shape index (κ3) is 5.31. The number of nitrogens with zero attached hydrogens (tertiary/aromatic N) is 4. The molecule has 4 aromatic rings. The SMILES string of the molecule is CCc1ccc(C(C)NC(=O)Cn2c(=O)c3c(ncn3CCOC)n(Cc3ccccc3)c2=O)cc1. The number of methoxy groups -OCH3 is 1. The first-order chi connectivity index (χ1) is 17.4. The van der Waals surface area contributed by atoms with Gasteiger partial charge in [0, 0.05) is 13.7 Å². The van der Waals surface area contributed by atoms with Crippen LogP contribution in [0.3, 0.4) is 0 Å². The predicted molar refractivity (Wildman–Crippen MR) is 138 cm³/mol. The number of benzene rings is 2. The third-order valence-electron chi connectivity index (χ3n) is 6.27. The van der Waals surface area contributed by atoms with Gasteiger partial charge in [-0.25, -0.2) is 14.3 Å². The number of carbonyl (C=O) groups is 1. The van der Waals surface area contributed by atoms with E-state index in [1.165, 1.54) is 16.5 Å². The molecule has 0 radical (unpaired) electrons. The quantitative estimate of drug-likeness (QED) is 0.369. The van der Waals surface area contributed by atoms with Crippen LogP contribution in [0.2, 0.25) is 0 Å². The Hall–Kier alpha value is -3.98. The van der Waals surface area contributed by atoms with Gasteiger partial charge in [0.1, 0.15) is 6.54 Å². The summed E-state index contributed by atoms with van der Waals surface area (Å²) in [6.45, 7) is 4.55. The summed E-state index contributed by atoms with van der Waals surface area (Å²) in [5.74, 6) is -0.421. The van der Waals surface area contributed by atoms with Gasteiger partial charge >= 0.3 is 5.69 Å². The molecule has 1 amide bonds. The largest absolute Gasteiger partial charge is 0.383 e. The summed E-state index contributed by atoms with van der Waals surface area (Å²) in [4.78, 5) is 44.2. The van der Waals surface area contributed by atoms with Crippen LogP contribution >= 0.6 is 0 Å². The van der Waals surface area contributed by atoms with Crippen molar-refractivity contribution in [2.75, 3.05) is 13.7 Å². The van der Waals surface area contributed by atoms with E-state index in [0.717, 1.165) is 22.1 Å². The van der Waals surface area contributed by atoms with Crippen LogP contribution in [0.25, 0.3) is 11.2 Å². The first-order valence-corrected chi connectivity index (χ1v) is 12.0. The van der Waals surface area contributed by atoms with Crippen LogP contribution in [0.15, 0.2) is 70.5 Å². The minimum absolute atomic E-state index is 0.222. The predicted octanol–water partition coefficient (Wildman–Crippen LogP) is 2.49. The second-order valence-corrected chi connectivity index (χ2v) is 8.73. The van der Waals surface area contributed by atoms with Crippen molar-refractivity contribution >= 4 is 17.1 Å². The average Bonchev–Trinajstić information content (AvgIpc) is 3.32. The number of hydrogen-bond donors (Lipinski definition) is 1. The first-order valence-electron chi connectivity index (χ1n) is 12.0. The zero-order valence-corrected chi connectivity index (χ0v) is 20.8. The fraction of sp³-hybridized carbons (Fsp3) is 0.333. The van der Waals surface area contributed by atoms with Gasteiger partial charge < -0.3 is 14.6 Å². The van der Waals surface area contributed by atoms with Crippen molar-refractivity contribution in [3.63, 3.8) is 0 Å². The topological polar surface area (TPSA) is 100 Å². The number of nitrogens with one attached hydrogen (secondary N) is 1. The Morgan fingerprint density at radius 2 is 1.75 bits per heavy atom. The Balaban J connectivity index is 1.69. The Morgan fingerprint density at radius 3 is 2.42 bits per heavy atom. The van der Waals surface area contributed by atoms with Crippen molar-refractivity contribution < 1.29 is 9.53 Å². The molecule has 2 aromatic heterocycles. The Labute approximate surface area is 209 Å². The van der Waals surface area contributed by atoms with E-state index in [0.29, 0.717) is 13.2 Å². The van der Waals surface area contributed by atoms with Crippen molar-refractivity contribution in [3.8, 4) is 0 Å². The maximum atomic E-state index is 13.5. The molecule has 2 aromatic carbocycles. The molecule has 0 aliphatic heterocycles. The highest BCUT2D eigenvalue weighted by Gasteiger charge is 2.20. The lowest BCUT2D eigenvalue weighted by Crippen LogP contribution is -2.44. The van der Waals surface area contributed by atoms with Gasteiger partial charge in [-0.15, -0.1) is 0 Å². The summed E-state index contributed by atoms with van der Waals surface area (Å²) < 4.78 is 9.24. The maximum Gasteiger partial charge on any atom is 0.333 e. The lowest BCUT2D eigenvalue weighted by atomic mass is 10.1. The molecule has 0 bridgehead atoms. The number of fused-ring (bicyclic) bond motifs is 1. The van der Waals surface area contributed by atoms with Crippen molar-refractivity contribution in [3.05, 3.63) is 98.5 Å². The van der Waals surface area contributed by atoms with Crippen LogP contribution in [0.1, 0.15) is 36.6 Å². The van der Waals surface area contributed by atoms with Gasteiger partial charge in [0.25, 0.3) is 5.56 Å². The second-order valence-electron chi connectivity index (χ2n) is 8.73. The number of rotatable bonds is 10. The lowest BCUT2D eigenvalue weighted by molar-refractivity contribution is -0.122. The zero-order valence-electron chi connectivity index (χ0n) is 20.8. The summed E-state index contributed by atoms with van der Waals surface area (Å²) >= 11 is 0.